The van der Waals surface area contributed by atoms with E-state index in [-0.39, 0.29) is 16.3 Å². The summed E-state index contributed by atoms with van der Waals surface area (Å²) in [5.74, 6) is -1.82. The lowest BCUT2D eigenvalue weighted by molar-refractivity contribution is -0.123. The molecule has 0 bridgehead atoms. The van der Waals surface area contributed by atoms with Crippen LogP contribution in [0.25, 0.3) is 0 Å². The Kier molecular flexibility index (Phi) is 4.80. The molecule has 0 aromatic heterocycles. The van der Waals surface area contributed by atoms with E-state index in [0.717, 1.165) is 16.7 Å². The summed E-state index contributed by atoms with van der Waals surface area (Å²) in [7, 11) is 0. The summed E-state index contributed by atoms with van der Waals surface area (Å²) >= 11 is 0.924. The summed E-state index contributed by atoms with van der Waals surface area (Å²) < 4.78 is 0. The summed E-state index contributed by atoms with van der Waals surface area (Å²) in [6.07, 6.45) is 0.0809. The number of hydrogen-bond donors (Lipinski definition) is 2. The van der Waals surface area contributed by atoms with Gasteiger partial charge in [0.25, 0.3) is 11.8 Å². The van der Waals surface area contributed by atoms with Crippen LogP contribution in [0, 0.1) is 0 Å². The van der Waals surface area contributed by atoms with E-state index in [9.17, 15) is 19.2 Å². The topological polar surface area (TPSA) is 116 Å². The molecule has 23 heavy (non-hydrogen) atoms. The van der Waals surface area contributed by atoms with Gasteiger partial charge in [0.15, 0.2) is 5.17 Å². The predicted octanol–water partition coefficient (Wildman–Crippen LogP) is 1.18. The zero-order valence-corrected chi connectivity index (χ0v) is 13.1. The SMILES string of the molecule is CSC(=NC(=O)O)NC(=O)C(C)N1C(=O)c2ccccc2C1=O. The number of nitrogens with zero attached hydrogens (tertiary/aromatic N) is 2. The maximum absolute atomic E-state index is 12.3. The molecule has 1 unspecified atom stereocenters. The molecule has 1 aromatic rings. The number of carbonyl (C=O) groups is 4. The van der Waals surface area contributed by atoms with Crippen LogP contribution >= 0.6 is 11.8 Å². The second-order valence-electron chi connectivity index (χ2n) is 4.59. The standard InChI is InChI=1S/C14H13N3O5S/c1-7(10(18)15-13(23-2)16-14(21)22)17-11(19)8-5-3-4-6-9(8)12(17)20/h3-7H,1-2H3,(H,21,22)(H,15,16,18). The first-order valence-electron chi connectivity index (χ1n) is 6.50. The molecule has 0 saturated carbocycles. The summed E-state index contributed by atoms with van der Waals surface area (Å²) in [5.41, 5.74) is 0.475. The number of amidine groups is 1. The van der Waals surface area contributed by atoms with E-state index < -0.39 is 29.9 Å². The lowest BCUT2D eigenvalue weighted by Gasteiger charge is -2.21. The van der Waals surface area contributed by atoms with E-state index >= 15 is 0 Å². The van der Waals surface area contributed by atoms with E-state index in [0.29, 0.717) is 0 Å². The van der Waals surface area contributed by atoms with Crippen molar-refractivity contribution >= 4 is 40.7 Å². The van der Waals surface area contributed by atoms with Crippen molar-refractivity contribution < 1.29 is 24.3 Å². The monoisotopic (exact) mass is 335 g/mol. The highest BCUT2D eigenvalue weighted by atomic mass is 32.2. The normalized spacial score (nSPS) is 15.4. The quantitative estimate of drug-likeness (QED) is 0.476. The second kappa shape index (κ2) is 6.61. The van der Waals surface area contributed by atoms with E-state index in [2.05, 4.69) is 10.3 Å². The van der Waals surface area contributed by atoms with Gasteiger partial charge in [-0.05, 0) is 25.3 Å². The van der Waals surface area contributed by atoms with Crippen molar-refractivity contribution in [1.82, 2.24) is 10.2 Å². The van der Waals surface area contributed by atoms with Crippen LogP contribution in [0.3, 0.4) is 0 Å². The Morgan fingerprint density at radius 2 is 1.74 bits per heavy atom. The Morgan fingerprint density at radius 1 is 1.22 bits per heavy atom. The van der Waals surface area contributed by atoms with Crippen molar-refractivity contribution in [2.75, 3.05) is 6.26 Å². The zero-order valence-electron chi connectivity index (χ0n) is 12.3. The van der Waals surface area contributed by atoms with Gasteiger partial charge in [-0.2, -0.15) is 4.99 Å². The zero-order chi connectivity index (χ0) is 17.1. The third kappa shape index (κ3) is 3.24. The number of aliphatic imine (C=N–C) groups is 1. The molecule has 1 aromatic carbocycles. The molecule has 0 fully saturated rings. The summed E-state index contributed by atoms with van der Waals surface area (Å²) in [6, 6.07) is 5.18. The van der Waals surface area contributed by atoms with Crippen LogP contribution in [0.4, 0.5) is 4.79 Å². The third-order valence-electron chi connectivity index (χ3n) is 3.21. The molecule has 0 saturated heterocycles. The van der Waals surface area contributed by atoms with Gasteiger partial charge < -0.3 is 10.4 Å². The van der Waals surface area contributed by atoms with Crippen molar-refractivity contribution in [2.45, 2.75) is 13.0 Å². The largest absolute Gasteiger partial charge is 0.463 e. The molecule has 2 N–H and O–H groups in total. The number of carboxylic acid groups (broad SMARTS) is 1. The summed E-state index contributed by atoms with van der Waals surface area (Å²) in [4.78, 5) is 51.3. The minimum atomic E-state index is -1.46. The van der Waals surface area contributed by atoms with E-state index in [4.69, 9.17) is 5.11 Å². The number of rotatable bonds is 2. The van der Waals surface area contributed by atoms with Crippen LogP contribution in [-0.2, 0) is 4.79 Å². The first kappa shape index (κ1) is 16.7. The molecule has 2 rings (SSSR count). The Labute approximate surface area is 135 Å². The van der Waals surface area contributed by atoms with Gasteiger partial charge >= 0.3 is 6.09 Å². The van der Waals surface area contributed by atoms with E-state index in [1.807, 2.05) is 0 Å². The fourth-order valence-corrected chi connectivity index (χ4v) is 2.47. The molecular formula is C14H13N3O5S. The van der Waals surface area contributed by atoms with Crippen molar-refractivity contribution in [1.29, 1.82) is 0 Å². The average Bonchev–Trinajstić information content (AvgIpc) is 2.77. The fraction of sp³-hybridized carbons (Fsp3) is 0.214. The average molecular weight is 335 g/mol. The van der Waals surface area contributed by atoms with Crippen molar-refractivity contribution in [2.24, 2.45) is 4.99 Å². The fourth-order valence-electron chi connectivity index (χ4n) is 2.10. The summed E-state index contributed by atoms with van der Waals surface area (Å²) in [6.45, 7) is 1.38. The first-order chi connectivity index (χ1) is 10.9. The minimum absolute atomic E-state index is 0.133. The second-order valence-corrected chi connectivity index (χ2v) is 5.39. The van der Waals surface area contributed by atoms with Gasteiger partial charge in [-0.25, -0.2) is 4.79 Å². The number of fused-ring (bicyclic) bond motifs is 1. The molecule has 1 aliphatic heterocycles. The Morgan fingerprint density at radius 3 is 2.17 bits per heavy atom. The highest BCUT2D eigenvalue weighted by Gasteiger charge is 2.40. The molecule has 0 spiro atoms. The molecule has 8 nitrogen and oxygen atoms in total. The van der Waals surface area contributed by atoms with Gasteiger partial charge in [0.2, 0.25) is 5.91 Å². The molecule has 0 aliphatic carbocycles. The lowest BCUT2D eigenvalue weighted by Crippen LogP contribution is -2.48. The molecule has 1 atom stereocenters. The smallest absolute Gasteiger partial charge is 0.433 e. The molecular weight excluding hydrogens is 322 g/mol. The highest BCUT2D eigenvalue weighted by Crippen LogP contribution is 2.24. The number of carbonyl (C=O) groups excluding carboxylic acids is 3. The number of imide groups is 1. The molecule has 4 amide bonds. The molecule has 9 heteroatoms. The van der Waals surface area contributed by atoms with Crippen LogP contribution in [0.5, 0.6) is 0 Å². The number of benzene rings is 1. The molecule has 0 radical (unpaired) electrons. The van der Waals surface area contributed by atoms with Crippen molar-refractivity contribution in [3.8, 4) is 0 Å². The Bertz CT molecular complexity index is 696. The number of thioether (sulfide) groups is 1. The molecule has 1 heterocycles. The van der Waals surface area contributed by atoms with Crippen LogP contribution in [0.1, 0.15) is 27.6 Å². The van der Waals surface area contributed by atoms with Crippen LogP contribution < -0.4 is 5.32 Å². The molecule has 120 valence electrons. The van der Waals surface area contributed by atoms with Gasteiger partial charge in [-0.15, -0.1) is 0 Å². The van der Waals surface area contributed by atoms with Crippen molar-refractivity contribution in [3.63, 3.8) is 0 Å². The number of nitrogens with one attached hydrogen (secondary N) is 1. The number of hydrogen-bond acceptors (Lipinski definition) is 5. The van der Waals surface area contributed by atoms with Crippen LogP contribution in [0.15, 0.2) is 29.3 Å². The van der Waals surface area contributed by atoms with E-state index in [1.165, 1.54) is 25.3 Å². The lowest BCUT2D eigenvalue weighted by atomic mass is 10.1. The maximum atomic E-state index is 12.3. The van der Waals surface area contributed by atoms with Crippen LogP contribution in [-0.4, -0.2) is 51.3 Å². The first-order valence-corrected chi connectivity index (χ1v) is 7.72. The van der Waals surface area contributed by atoms with Gasteiger partial charge in [0.1, 0.15) is 6.04 Å². The third-order valence-corrected chi connectivity index (χ3v) is 3.79. The van der Waals surface area contributed by atoms with Gasteiger partial charge in [-0.1, -0.05) is 23.9 Å². The predicted molar refractivity (Wildman–Crippen MR) is 83.5 cm³/mol. The Hall–Kier alpha value is -2.68. The number of amides is 4. The highest BCUT2D eigenvalue weighted by molar-refractivity contribution is 8.13. The summed E-state index contributed by atoms with van der Waals surface area (Å²) in [5, 5.41) is 10.8. The molecule has 1 aliphatic rings. The van der Waals surface area contributed by atoms with Crippen LogP contribution in [0.2, 0.25) is 0 Å². The minimum Gasteiger partial charge on any atom is -0.463 e. The van der Waals surface area contributed by atoms with Gasteiger partial charge in [0.05, 0.1) is 11.1 Å². The Balaban J connectivity index is 2.20. The van der Waals surface area contributed by atoms with E-state index in [1.54, 1.807) is 12.1 Å². The van der Waals surface area contributed by atoms with Gasteiger partial charge in [0, 0.05) is 0 Å². The van der Waals surface area contributed by atoms with Gasteiger partial charge in [-0.3, -0.25) is 19.3 Å². The van der Waals surface area contributed by atoms with Crippen molar-refractivity contribution in [3.05, 3.63) is 35.4 Å². The maximum Gasteiger partial charge on any atom is 0.433 e.